The molecule has 3 aromatic carbocycles. The number of benzene rings is 3. The molecule has 0 aliphatic heterocycles. The van der Waals surface area contributed by atoms with Crippen molar-refractivity contribution in [2.75, 3.05) is 14.2 Å². The summed E-state index contributed by atoms with van der Waals surface area (Å²) in [5.74, 6) is 1.39. The normalized spacial score (nSPS) is 10.8. The van der Waals surface area contributed by atoms with E-state index in [1.54, 1.807) is 18.9 Å². The van der Waals surface area contributed by atoms with Crippen molar-refractivity contribution in [2.45, 2.75) is 0 Å². The van der Waals surface area contributed by atoms with Gasteiger partial charge in [0.1, 0.15) is 17.2 Å². The molecule has 0 fully saturated rings. The highest BCUT2D eigenvalue weighted by atomic mass is 35.5. The lowest BCUT2D eigenvalue weighted by Gasteiger charge is -2.12. The third-order valence-electron chi connectivity index (χ3n) is 4.60. The molecule has 0 saturated heterocycles. The highest BCUT2D eigenvalue weighted by Gasteiger charge is 2.24. The zero-order valence-corrected chi connectivity index (χ0v) is 17.4. The molecule has 0 amide bonds. The summed E-state index contributed by atoms with van der Waals surface area (Å²) in [5.41, 5.74) is 3.75. The summed E-state index contributed by atoms with van der Waals surface area (Å²) in [5, 5.41) is 5.95. The molecular weight excluding hydrogens is 407 g/mol. The molecule has 0 N–H and O–H groups in total. The Morgan fingerprint density at radius 1 is 0.759 bits per heavy atom. The molecule has 1 heterocycles. The van der Waals surface area contributed by atoms with Crippen molar-refractivity contribution in [3.8, 4) is 39.7 Å². The Labute approximate surface area is 179 Å². The summed E-state index contributed by atoms with van der Waals surface area (Å²) in [4.78, 5) is 0. The van der Waals surface area contributed by atoms with Gasteiger partial charge in [0.2, 0.25) is 0 Å². The minimum atomic E-state index is 0.499. The Balaban J connectivity index is 2.04. The van der Waals surface area contributed by atoms with Gasteiger partial charge in [0.05, 0.1) is 30.6 Å². The predicted octanol–water partition coefficient (Wildman–Crippen LogP) is 6.53. The number of halogens is 2. The molecule has 4 aromatic rings. The van der Waals surface area contributed by atoms with Crippen molar-refractivity contribution in [1.29, 1.82) is 0 Å². The van der Waals surface area contributed by atoms with Crippen LogP contribution in [0.15, 0.2) is 72.8 Å². The molecule has 6 heteroatoms. The number of nitrogens with zero attached hydrogens (tertiary/aromatic N) is 2. The lowest BCUT2D eigenvalue weighted by molar-refractivity contribution is 0.416. The van der Waals surface area contributed by atoms with E-state index >= 15 is 0 Å². The molecule has 0 saturated carbocycles. The molecular formula is C23H18Cl2N2O2. The predicted molar refractivity (Wildman–Crippen MR) is 118 cm³/mol. The van der Waals surface area contributed by atoms with Crippen LogP contribution in [0.1, 0.15) is 0 Å². The second kappa shape index (κ2) is 8.19. The zero-order valence-electron chi connectivity index (χ0n) is 15.9. The molecule has 0 atom stereocenters. The van der Waals surface area contributed by atoms with Gasteiger partial charge >= 0.3 is 0 Å². The fraction of sp³-hybridized carbons (Fsp3) is 0.0870. The summed E-state index contributed by atoms with van der Waals surface area (Å²) in [7, 11) is 3.26. The van der Waals surface area contributed by atoms with Crippen molar-refractivity contribution < 1.29 is 9.47 Å². The van der Waals surface area contributed by atoms with E-state index in [0.717, 1.165) is 16.8 Å². The summed E-state index contributed by atoms with van der Waals surface area (Å²) in [6, 6.07) is 22.8. The van der Waals surface area contributed by atoms with Gasteiger partial charge in [-0.3, -0.25) is 0 Å². The van der Waals surface area contributed by atoms with Gasteiger partial charge in [-0.05, 0) is 42.5 Å². The Morgan fingerprint density at radius 2 is 1.38 bits per heavy atom. The van der Waals surface area contributed by atoms with E-state index in [9.17, 15) is 0 Å². The zero-order chi connectivity index (χ0) is 20.4. The van der Waals surface area contributed by atoms with Crippen LogP contribution in [-0.2, 0) is 0 Å². The maximum atomic E-state index is 6.92. The van der Waals surface area contributed by atoms with Crippen molar-refractivity contribution in [3.63, 3.8) is 0 Å². The Bertz CT molecular complexity index is 1170. The number of para-hydroxylation sites is 2. The first-order chi connectivity index (χ1) is 14.1. The quantitative estimate of drug-likeness (QED) is 0.365. The van der Waals surface area contributed by atoms with Crippen molar-refractivity contribution in [3.05, 3.63) is 82.8 Å². The van der Waals surface area contributed by atoms with Crippen LogP contribution in [0.3, 0.4) is 0 Å². The van der Waals surface area contributed by atoms with Crippen molar-refractivity contribution in [2.24, 2.45) is 0 Å². The molecule has 29 heavy (non-hydrogen) atoms. The first kappa shape index (κ1) is 19.4. The molecule has 0 spiro atoms. The Morgan fingerprint density at radius 3 is 2.03 bits per heavy atom. The number of hydrogen-bond acceptors (Lipinski definition) is 3. The first-order valence-electron chi connectivity index (χ1n) is 8.95. The van der Waals surface area contributed by atoms with Crippen LogP contribution in [-0.4, -0.2) is 24.0 Å². The lowest BCUT2D eigenvalue weighted by atomic mass is 10.1. The van der Waals surface area contributed by atoms with Crippen LogP contribution in [0.25, 0.3) is 28.2 Å². The van der Waals surface area contributed by atoms with Gasteiger partial charge in [-0.15, -0.1) is 0 Å². The van der Waals surface area contributed by atoms with Gasteiger partial charge in [-0.1, -0.05) is 53.5 Å². The molecule has 0 unspecified atom stereocenters. The van der Waals surface area contributed by atoms with Crippen LogP contribution in [0.4, 0.5) is 0 Å². The van der Waals surface area contributed by atoms with Crippen LogP contribution < -0.4 is 9.47 Å². The van der Waals surface area contributed by atoms with Gasteiger partial charge < -0.3 is 9.47 Å². The minimum absolute atomic E-state index is 0.499. The third-order valence-corrected chi connectivity index (χ3v) is 5.20. The second-order valence-corrected chi connectivity index (χ2v) is 7.12. The van der Waals surface area contributed by atoms with E-state index in [0.29, 0.717) is 32.9 Å². The van der Waals surface area contributed by atoms with E-state index in [4.69, 9.17) is 37.8 Å². The Kier molecular flexibility index (Phi) is 5.47. The molecule has 146 valence electrons. The van der Waals surface area contributed by atoms with Crippen LogP contribution in [0, 0.1) is 0 Å². The smallest absolute Gasteiger partial charge is 0.128 e. The average molecular weight is 425 g/mol. The maximum Gasteiger partial charge on any atom is 0.128 e. The topological polar surface area (TPSA) is 36.3 Å². The number of ether oxygens (including phenoxy) is 2. The number of rotatable bonds is 5. The maximum absolute atomic E-state index is 6.92. The highest BCUT2D eigenvalue weighted by Crippen LogP contribution is 2.43. The fourth-order valence-corrected chi connectivity index (χ4v) is 3.78. The van der Waals surface area contributed by atoms with E-state index in [1.165, 1.54) is 0 Å². The first-order valence-corrected chi connectivity index (χ1v) is 9.71. The molecule has 1 aromatic heterocycles. The summed E-state index contributed by atoms with van der Waals surface area (Å²) in [6.45, 7) is 0. The molecule has 0 radical (unpaired) electrons. The Hall–Kier alpha value is -2.95. The SMILES string of the molecule is COc1ccccc1-c1nn(-c2cccc(Cl)c2)c(-c2ccccc2OC)c1Cl. The van der Waals surface area contributed by atoms with Crippen LogP contribution >= 0.6 is 23.2 Å². The van der Waals surface area contributed by atoms with Crippen molar-refractivity contribution >= 4 is 23.2 Å². The van der Waals surface area contributed by atoms with Crippen molar-refractivity contribution in [1.82, 2.24) is 9.78 Å². The van der Waals surface area contributed by atoms with Gasteiger partial charge in [-0.2, -0.15) is 5.10 Å². The highest BCUT2D eigenvalue weighted by molar-refractivity contribution is 6.36. The molecule has 0 aliphatic carbocycles. The molecule has 4 nitrogen and oxygen atoms in total. The summed E-state index contributed by atoms with van der Waals surface area (Å²) < 4.78 is 12.9. The monoisotopic (exact) mass is 424 g/mol. The van der Waals surface area contributed by atoms with E-state index in [2.05, 4.69) is 0 Å². The average Bonchev–Trinajstić information content (AvgIpc) is 3.10. The van der Waals surface area contributed by atoms with Crippen LogP contribution in [0.5, 0.6) is 11.5 Å². The van der Waals surface area contributed by atoms with Gasteiger partial charge in [0.25, 0.3) is 0 Å². The fourth-order valence-electron chi connectivity index (χ4n) is 3.28. The minimum Gasteiger partial charge on any atom is -0.496 e. The van der Waals surface area contributed by atoms with Gasteiger partial charge in [0.15, 0.2) is 0 Å². The van der Waals surface area contributed by atoms with Gasteiger partial charge in [-0.25, -0.2) is 4.68 Å². The largest absolute Gasteiger partial charge is 0.496 e. The van der Waals surface area contributed by atoms with E-state index in [-0.39, 0.29) is 0 Å². The van der Waals surface area contributed by atoms with Gasteiger partial charge in [0, 0.05) is 16.1 Å². The van der Waals surface area contributed by atoms with E-state index < -0.39 is 0 Å². The number of hydrogen-bond donors (Lipinski definition) is 0. The second-order valence-electron chi connectivity index (χ2n) is 6.30. The van der Waals surface area contributed by atoms with Crippen LogP contribution in [0.2, 0.25) is 10.0 Å². The summed E-state index contributed by atoms with van der Waals surface area (Å²) >= 11 is 13.2. The lowest BCUT2D eigenvalue weighted by Crippen LogP contribution is -2.00. The van der Waals surface area contributed by atoms with E-state index in [1.807, 2.05) is 72.8 Å². The number of methoxy groups -OCH3 is 2. The molecule has 4 rings (SSSR count). The summed E-state index contributed by atoms with van der Waals surface area (Å²) in [6.07, 6.45) is 0. The third kappa shape index (κ3) is 3.57. The number of aromatic nitrogens is 2. The standard InChI is InChI=1S/C23H18Cl2N2O2/c1-28-19-12-5-3-10-17(19)22-21(25)23(18-11-4-6-13-20(18)29-2)27(26-22)16-9-7-8-15(24)14-16/h3-14H,1-2H3. The molecule has 0 aliphatic rings. The molecule has 0 bridgehead atoms.